The summed E-state index contributed by atoms with van der Waals surface area (Å²) >= 11 is 0. The maximum atomic E-state index is 12.2. The zero-order valence-corrected chi connectivity index (χ0v) is 12.5. The number of carbonyl (C=O) groups excluding carboxylic acids is 1. The molecule has 0 bridgehead atoms. The first-order valence-corrected chi connectivity index (χ1v) is 8.77. The lowest BCUT2D eigenvalue weighted by Gasteiger charge is -2.41. The van der Waals surface area contributed by atoms with Gasteiger partial charge in [0.2, 0.25) is 5.91 Å². The van der Waals surface area contributed by atoms with Crippen LogP contribution in [0, 0.1) is 11.8 Å². The largest absolute Gasteiger partial charge is 0.340 e. The minimum absolute atomic E-state index is 0.0683. The Morgan fingerprint density at radius 3 is 2.53 bits per heavy atom. The Kier molecular flexibility index (Phi) is 4.33. The summed E-state index contributed by atoms with van der Waals surface area (Å²) in [5.41, 5.74) is 0. The van der Waals surface area contributed by atoms with Gasteiger partial charge in [-0.2, -0.15) is 0 Å². The van der Waals surface area contributed by atoms with E-state index in [1.807, 2.05) is 13.8 Å². The molecule has 0 aromatic heterocycles. The summed E-state index contributed by atoms with van der Waals surface area (Å²) in [6.45, 7) is 4.61. The summed E-state index contributed by atoms with van der Waals surface area (Å²) in [5, 5.41) is -0.335. The van der Waals surface area contributed by atoms with Crippen LogP contribution in [0.15, 0.2) is 12.2 Å². The molecule has 0 N–H and O–H groups in total. The summed E-state index contributed by atoms with van der Waals surface area (Å²) in [7, 11) is -3.03. The molecule has 1 heterocycles. The predicted molar refractivity (Wildman–Crippen MR) is 75.5 cm³/mol. The first-order chi connectivity index (χ1) is 8.90. The SMILES string of the molecule is CC(C)CS(=O)(=O)C1CN(C(=O)[C@H]2CC=CCC2)C1. The van der Waals surface area contributed by atoms with E-state index in [2.05, 4.69) is 12.2 Å². The van der Waals surface area contributed by atoms with Crippen molar-refractivity contribution in [1.29, 1.82) is 0 Å². The van der Waals surface area contributed by atoms with Gasteiger partial charge in [-0.1, -0.05) is 26.0 Å². The fourth-order valence-corrected chi connectivity index (χ4v) is 4.74. The average Bonchev–Trinajstić information content (AvgIpc) is 2.25. The molecule has 1 aliphatic heterocycles. The Bertz CT molecular complexity index is 461. The van der Waals surface area contributed by atoms with E-state index in [0.29, 0.717) is 13.1 Å². The van der Waals surface area contributed by atoms with Crippen LogP contribution in [-0.2, 0) is 14.6 Å². The number of carbonyl (C=O) groups is 1. The van der Waals surface area contributed by atoms with Crippen LogP contribution in [0.4, 0.5) is 0 Å². The van der Waals surface area contributed by atoms with Gasteiger partial charge in [0.25, 0.3) is 0 Å². The molecule has 0 aromatic carbocycles. The number of allylic oxidation sites excluding steroid dienone is 2. The first-order valence-electron chi connectivity index (χ1n) is 7.05. The van der Waals surface area contributed by atoms with Crippen molar-refractivity contribution in [2.24, 2.45) is 11.8 Å². The third-order valence-corrected chi connectivity index (χ3v) is 6.30. The molecule has 0 aromatic rings. The van der Waals surface area contributed by atoms with E-state index < -0.39 is 9.84 Å². The highest BCUT2D eigenvalue weighted by molar-refractivity contribution is 7.92. The minimum Gasteiger partial charge on any atom is -0.340 e. The maximum absolute atomic E-state index is 12.2. The molecule has 1 amide bonds. The topological polar surface area (TPSA) is 54.5 Å². The van der Waals surface area contributed by atoms with Gasteiger partial charge >= 0.3 is 0 Å². The molecule has 1 atom stereocenters. The summed E-state index contributed by atoms with van der Waals surface area (Å²) in [5.74, 6) is 0.587. The van der Waals surface area contributed by atoms with Gasteiger partial charge in [-0.05, 0) is 25.2 Å². The number of hydrogen-bond donors (Lipinski definition) is 0. The van der Waals surface area contributed by atoms with Crippen molar-refractivity contribution in [3.63, 3.8) is 0 Å². The van der Waals surface area contributed by atoms with Crippen molar-refractivity contribution in [3.05, 3.63) is 12.2 Å². The van der Waals surface area contributed by atoms with Gasteiger partial charge in [0, 0.05) is 19.0 Å². The molecule has 0 radical (unpaired) electrons. The lowest BCUT2D eigenvalue weighted by Crippen LogP contribution is -2.58. The van der Waals surface area contributed by atoms with Gasteiger partial charge in [-0.25, -0.2) is 8.42 Å². The van der Waals surface area contributed by atoms with Crippen LogP contribution in [-0.4, -0.2) is 43.3 Å². The number of hydrogen-bond acceptors (Lipinski definition) is 3. The lowest BCUT2D eigenvalue weighted by atomic mass is 9.92. The maximum Gasteiger partial charge on any atom is 0.226 e. The van der Waals surface area contributed by atoms with Crippen LogP contribution in [0.2, 0.25) is 0 Å². The molecule has 2 aliphatic rings. The van der Waals surface area contributed by atoms with Crippen LogP contribution in [0.25, 0.3) is 0 Å². The molecular formula is C14H23NO3S. The van der Waals surface area contributed by atoms with Crippen molar-refractivity contribution in [3.8, 4) is 0 Å². The molecule has 108 valence electrons. The van der Waals surface area contributed by atoms with E-state index in [-0.39, 0.29) is 28.7 Å². The minimum atomic E-state index is -3.03. The average molecular weight is 285 g/mol. The van der Waals surface area contributed by atoms with Gasteiger partial charge in [0.05, 0.1) is 11.0 Å². The molecule has 0 spiro atoms. The summed E-state index contributed by atoms with van der Waals surface area (Å²) < 4.78 is 24.0. The molecule has 1 saturated heterocycles. The van der Waals surface area contributed by atoms with E-state index in [9.17, 15) is 13.2 Å². The Labute approximate surface area is 115 Å². The lowest BCUT2D eigenvalue weighted by molar-refractivity contribution is -0.139. The Morgan fingerprint density at radius 2 is 2.00 bits per heavy atom. The van der Waals surface area contributed by atoms with Gasteiger partial charge in [0.1, 0.15) is 0 Å². The van der Waals surface area contributed by atoms with E-state index in [1.165, 1.54) is 0 Å². The van der Waals surface area contributed by atoms with Crippen LogP contribution < -0.4 is 0 Å². The van der Waals surface area contributed by atoms with Crippen molar-refractivity contribution in [1.82, 2.24) is 4.90 Å². The van der Waals surface area contributed by atoms with E-state index in [0.717, 1.165) is 19.3 Å². The van der Waals surface area contributed by atoms with Crippen LogP contribution >= 0.6 is 0 Å². The van der Waals surface area contributed by atoms with E-state index >= 15 is 0 Å². The number of nitrogens with zero attached hydrogens (tertiary/aromatic N) is 1. The quantitative estimate of drug-likeness (QED) is 0.738. The molecule has 19 heavy (non-hydrogen) atoms. The van der Waals surface area contributed by atoms with Gasteiger partial charge < -0.3 is 4.90 Å². The first kappa shape index (κ1) is 14.6. The normalized spacial score (nSPS) is 24.6. The van der Waals surface area contributed by atoms with Crippen LogP contribution in [0.5, 0.6) is 0 Å². The van der Waals surface area contributed by atoms with Gasteiger partial charge in [-0.3, -0.25) is 4.79 Å². The van der Waals surface area contributed by atoms with E-state index in [1.54, 1.807) is 4.90 Å². The highest BCUT2D eigenvalue weighted by Gasteiger charge is 2.41. The van der Waals surface area contributed by atoms with Gasteiger partial charge in [0.15, 0.2) is 9.84 Å². The molecule has 1 aliphatic carbocycles. The van der Waals surface area contributed by atoms with Crippen molar-refractivity contribution >= 4 is 15.7 Å². The molecule has 2 rings (SSSR count). The highest BCUT2D eigenvalue weighted by atomic mass is 32.2. The summed E-state index contributed by atoms with van der Waals surface area (Å²) in [6.07, 6.45) is 6.82. The summed E-state index contributed by atoms with van der Waals surface area (Å²) in [4.78, 5) is 13.9. The molecule has 1 fully saturated rings. The zero-order valence-electron chi connectivity index (χ0n) is 11.7. The zero-order chi connectivity index (χ0) is 14.0. The van der Waals surface area contributed by atoms with Crippen LogP contribution in [0.3, 0.4) is 0 Å². The standard InChI is InChI=1S/C14H23NO3S/c1-11(2)10-19(17,18)13-8-15(9-13)14(16)12-6-4-3-5-7-12/h3-4,11-13H,5-10H2,1-2H3/t12-/m0/s1. The van der Waals surface area contributed by atoms with Crippen molar-refractivity contribution in [2.75, 3.05) is 18.8 Å². The molecule has 5 heteroatoms. The number of rotatable bonds is 4. The Morgan fingerprint density at radius 1 is 1.32 bits per heavy atom. The third kappa shape index (κ3) is 3.38. The Balaban J connectivity index is 1.85. The van der Waals surface area contributed by atoms with Crippen molar-refractivity contribution < 1.29 is 13.2 Å². The molecule has 4 nitrogen and oxygen atoms in total. The number of likely N-dealkylation sites (tertiary alicyclic amines) is 1. The second-order valence-electron chi connectivity index (χ2n) is 6.07. The second kappa shape index (κ2) is 5.65. The molecule has 0 unspecified atom stereocenters. The predicted octanol–water partition coefficient (Wildman–Crippen LogP) is 1.62. The van der Waals surface area contributed by atoms with Gasteiger partial charge in [-0.15, -0.1) is 0 Å². The number of amides is 1. The second-order valence-corrected chi connectivity index (χ2v) is 8.40. The molecular weight excluding hydrogens is 262 g/mol. The highest BCUT2D eigenvalue weighted by Crippen LogP contribution is 2.26. The number of sulfone groups is 1. The Hall–Kier alpha value is -0.840. The van der Waals surface area contributed by atoms with E-state index in [4.69, 9.17) is 0 Å². The fourth-order valence-electron chi connectivity index (χ4n) is 2.72. The molecule has 0 saturated carbocycles. The fraction of sp³-hybridized carbons (Fsp3) is 0.786. The van der Waals surface area contributed by atoms with Crippen molar-refractivity contribution in [2.45, 2.75) is 38.4 Å². The van der Waals surface area contributed by atoms with Crippen LogP contribution in [0.1, 0.15) is 33.1 Å². The third-order valence-electron chi connectivity index (χ3n) is 3.85. The summed E-state index contributed by atoms with van der Waals surface area (Å²) in [6, 6.07) is 0. The monoisotopic (exact) mass is 285 g/mol. The smallest absolute Gasteiger partial charge is 0.226 e.